The maximum atomic E-state index is 13.5. The van der Waals surface area contributed by atoms with Gasteiger partial charge in [0, 0.05) is 17.8 Å². The third-order valence-electron chi connectivity index (χ3n) is 6.56. The summed E-state index contributed by atoms with van der Waals surface area (Å²) >= 11 is 3.05. The summed E-state index contributed by atoms with van der Waals surface area (Å²) in [5, 5.41) is 9.27. The van der Waals surface area contributed by atoms with Gasteiger partial charge < -0.3 is 14.7 Å². The Hall–Kier alpha value is -1.80. The number of carbonyl (C=O) groups excluding carboxylic acids is 1. The molecular formula is C24H32N2O4S2. The molecule has 2 aliphatic rings. The van der Waals surface area contributed by atoms with Gasteiger partial charge in [0.1, 0.15) is 6.10 Å². The number of benzene rings is 1. The molecule has 1 unspecified atom stereocenters. The molecule has 0 radical (unpaired) electrons. The number of thioether (sulfide) groups is 1. The molecule has 2 aromatic rings. The maximum absolute atomic E-state index is 13.5. The summed E-state index contributed by atoms with van der Waals surface area (Å²) in [6.07, 6.45) is 9.53. The van der Waals surface area contributed by atoms with Gasteiger partial charge in [-0.3, -0.25) is 4.79 Å². The van der Waals surface area contributed by atoms with Gasteiger partial charge in [-0.15, -0.1) is 11.3 Å². The van der Waals surface area contributed by atoms with E-state index >= 15 is 0 Å². The predicted octanol–water partition coefficient (Wildman–Crippen LogP) is 6.34. The Bertz CT molecular complexity index is 855. The lowest BCUT2D eigenvalue weighted by Gasteiger charge is -2.42. The normalized spacial score (nSPS) is 19.0. The van der Waals surface area contributed by atoms with Crippen LogP contribution in [0, 0.1) is 0 Å². The average molecular weight is 477 g/mol. The molecule has 4 rings (SSSR count). The van der Waals surface area contributed by atoms with Crippen LogP contribution in [0.5, 0.6) is 0 Å². The first-order valence-corrected chi connectivity index (χ1v) is 13.6. The van der Waals surface area contributed by atoms with Gasteiger partial charge >= 0.3 is 6.16 Å². The van der Waals surface area contributed by atoms with E-state index < -0.39 is 12.3 Å². The third-order valence-corrected chi connectivity index (χ3v) is 8.87. The molecule has 0 aliphatic heterocycles. The number of hydrogen-bond acceptors (Lipinski definition) is 6. The number of nitrogens with zero attached hydrogens (tertiary/aromatic N) is 2. The molecular weight excluding hydrogens is 444 g/mol. The van der Waals surface area contributed by atoms with Gasteiger partial charge in [0.15, 0.2) is 4.34 Å². The van der Waals surface area contributed by atoms with Crippen LogP contribution in [0.3, 0.4) is 0 Å². The zero-order chi connectivity index (χ0) is 22.3. The molecule has 0 spiro atoms. The Morgan fingerprint density at radius 3 is 2.28 bits per heavy atom. The van der Waals surface area contributed by atoms with Crippen LogP contribution in [-0.2, 0) is 9.53 Å². The summed E-state index contributed by atoms with van der Waals surface area (Å²) in [4.78, 5) is 31.6. The topological polar surface area (TPSA) is 79.7 Å². The summed E-state index contributed by atoms with van der Waals surface area (Å²) in [7, 11) is 0. The van der Waals surface area contributed by atoms with Crippen molar-refractivity contribution in [1.82, 2.24) is 9.88 Å². The van der Waals surface area contributed by atoms with Crippen molar-refractivity contribution < 1.29 is 19.4 Å². The van der Waals surface area contributed by atoms with Crippen LogP contribution in [0.25, 0.3) is 10.2 Å². The average Bonchev–Trinajstić information content (AvgIpc) is 3.22. The highest BCUT2D eigenvalue weighted by molar-refractivity contribution is 8.01. The number of carbonyl (C=O) groups is 2. The second-order valence-electron chi connectivity index (χ2n) is 8.85. The lowest BCUT2D eigenvalue weighted by molar-refractivity contribution is -0.140. The molecule has 1 atom stereocenters. The molecule has 2 saturated carbocycles. The van der Waals surface area contributed by atoms with Gasteiger partial charge in [0.2, 0.25) is 5.91 Å². The number of amides is 1. The molecule has 1 heterocycles. The zero-order valence-electron chi connectivity index (χ0n) is 18.4. The quantitative estimate of drug-likeness (QED) is 0.354. The van der Waals surface area contributed by atoms with E-state index in [2.05, 4.69) is 9.88 Å². The van der Waals surface area contributed by atoms with Crippen molar-refractivity contribution in [2.24, 2.45) is 0 Å². The second-order valence-corrected chi connectivity index (χ2v) is 11.2. The first kappa shape index (κ1) is 23.4. The molecule has 1 amide bonds. The van der Waals surface area contributed by atoms with E-state index in [9.17, 15) is 14.7 Å². The number of thiazole rings is 1. The van der Waals surface area contributed by atoms with Gasteiger partial charge in [0.25, 0.3) is 0 Å². The smallest absolute Gasteiger partial charge is 0.450 e. The summed E-state index contributed by atoms with van der Waals surface area (Å²) in [6.45, 7) is 0. The summed E-state index contributed by atoms with van der Waals surface area (Å²) in [5.41, 5.74) is 0.938. The molecule has 0 saturated heterocycles. The fourth-order valence-corrected chi connectivity index (χ4v) is 7.16. The van der Waals surface area contributed by atoms with Crippen LogP contribution in [-0.4, -0.2) is 51.0 Å². The van der Waals surface area contributed by atoms with Crippen LogP contribution >= 0.6 is 23.1 Å². The van der Waals surface area contributed by atoms with Crippen molar-refractivity contribution in [2.45, 2.75) is 93.2 Å². The van der Waals surface area contributed by atoms with E-state index in [4.69, 9.17) is 4.74 Å². The van der Waals surface area contributed by atoms with Gasteiger partial charge in [-0.05, 0) is 37.8 Å². The first-order valence-electron chi connectivity index (χ1n) is 11.8. The molecule has 174 valence electrons. The molecule has 6 nitrogen and oxygen atoms in total. The highest BCUT2D eigenvalue weighted by Crippen LogP contribution is 2.33. The van der Waals surface area contributed by atoms with Crippen LogP contribution in [0.4, 0.5) is 4.79 Å². The van der Waals surface area contributed by atoms with Crippen molar-refractivity contribution >= 4 is 45.4 Å². The second kappa shape index (κ2) is 11.4. The van der Waals surface area contributed by atoms with Crippen molar-refractivity contribution in [1.29, 1.82) is 0 Å². The minimum absolute atomic E-state index is 0.0555. The number of ether oxygens (including phenoxy) is 1. The van der Waals surface area contributed by atoms with Crippen molar-refractivity contribution in [3.8, 4) is 0 Å². The number of aromatic nitrogens is 1. The van der Waals surface area contributed by atoms with E-state index in [1.54, 1.807) is 11.3 Å². The predicted molar refractivity (Wildman–Crippen MR) is 128 cm³/mol. The monoisotopic (exact) mass is 476 g/mol. The third kappa shape index (κ3) is 6.16. The first-order chi connectivity index (χ1) is 15.6. The number of carboxylic acid groups (broad SMARTS) is 1. The van der Waals surface area contributed by atoms with E-state index in [0.717, 1.165) is 40.2 Å². The minimum Gasteiger partial charge on any atom is -0.450 e. The molecule has 1 aromatic heterocycles. The SMILES string of the molecule is O=C(O)OC(CSc1nc2ccccc2s1)CC(=O)N(C1CCCCC1)C1CCCCC1. The molecule has 2 aliphatic carbocycles. The lowest BCUT2D eigenvalue weighted by Crippen LogP contribution is -2.49. The van der Waals surface area contributed by atoms with Gasteiger partial charge in [-0.2, -0.15) is 0 Å². The largest absolute Gasteiger partial charge is 0.506 e. The Kier molecular flexibility index (Phi) is 8.30. The standard InChI is InChI=1S/C24H32N2O4S2/c27-22(26(17-9-3-1-4-10-17)18-11-5-2-6-12-18)15-19(30-24(28)29)16-31-23-25-20-13-7-8-14-21(20)32-23/h7-8,13-14,17-19H,1-6,9-12,15-16H2,(H,28,29). The molecule has 1 N–H and O–H groups in total. The number of rotatable bonds is 8. The highest BCUT2D eigenvalue weighted by Gasteiger charge is 2.34. The Morgan fingerprint density at radius 2 is 1.69 bits per heavy atom. The van der Waals surface area contributed by atoms with Crippen molar-refractivity contribution in [3.63, 3.8) is 0 Å². The number of hydrogen-bond donors (Lipinski definition) is 1. The van der Waals surface area contributed by atoms with Crippen LogP contribution in [0.2, 0.25) is 0 Å². The molecule has 0 bridgehead atoms. The Balaban J connectivity index is 1.43. The van der Waals surface area contributed by atoms with E-state index in [1.165, 1.54) is 50.3 Å². The molecule has 32 heavy (non-hydrogen) atoms. The van der Waals surface area contributed by atoms with Crippen LogP contribution < -0.4 is 0 Å². The summed E-state index contributed by atoms with van der Waals surface area (Å²) in [6, 6.07) is 8.52. The van der Waals surface area contributed by atoms with Crippen LogP contribution in [0.15, 0.2) is 28.6 Å². The Labute approximate surface area is 197 Å². The highest BCUT2D eigenvalue weighted by atomic mass is 32.2. The van der Waals surface area contributed by atoms with E-state index in [1.807, 2.05) is 24.3 Å². The van der Waals surface area contributed by atoms with E-state index in [0.29, 0.717) is 17.8 Å². The van der Waals surface area contributed by atoms with Gasteiger partial charge in [-0.25, -0.2) is 9.78 Å². The summed E-state index contributed by atoms with van der Waals surface area (Å²) < 4.78 is 7.14. The van der Waals surface area contributed by atoms with Gasteiger partial charge in [0.05, 0.1) is 16.6 Å². The van der Waals surface area contributed by atoms with Gasteiger partial charge in [-0.1, -0.05) is 62.4 Å². The lowest BCUT2D eigenvalue weighted by atomic mass is 9.88. The molecule has 1 aromatic carbocycles. The molecule has 2 fully saturated rings. The van der Waals surface area contributed by atoms with Crippen LogP contribution in [0.1, 0.15) is 70.6 Å². The van der Waals surface area contributed by atoms with E-state index in [-0.39, 0.29) is 12.3 Å². The number of fused-ring (bicyclic) bond motifs is 1. The zero-order valence-corrected chi connectivity index (χ0v) is 20.0. The number of para-hydroxylation sites is 1. The fourth-order valence-electron chi connectivity index (χ4n) is 5.08. The fraction of sp³-hybridized carbons (Fsp3) is 0.625. The van der Waals surface area contributed by atoms with Crippen molar-refractivity contribution in [2.75, 3.05) is 5.75 Å². The molecule has 8 heteroatoms. The maximum Gasteiger partial charge on any atom is 0.506 e. The van der Waals surface area contributed by atoms with Crippen molar-refractivity contribution in [3.05, 3.63) is 24.3 Å². The minimum atomic E-state index is -1.32. The Morgan fingerprint density at radius 1 is 1.06 bits per heavy atom. The summed E-state index contributed by atoms with van der Waals surface area (Å²) in [5.74, 6) is 0.445.